The van der Waals surface area contributed by atoms with Crippen molar-refractivity contribution < 1.29 is 0 Å². The van der Waals surface area contributed by atoms with Crippen LogP contribution >= 0.6 is 0 Å². The molecule has 1 unspecified atom stereocenters. The van der Waals surface area contributed by atoms with Crippen molar-refractivity contribution >= 4 is 17.7 Å². The largest absolute Gasteiger partial charge is 0.370 e. The van der Waals surface area contributed by atoms with E-state index in [1.54, 1.807) is 6.20 Å². The molecule has 1 atom stereocenters. The van der Waals surface area contributed by atoms with Crippen molar-refractivity contribution in [3.8, 4) is 11.4 Å². The van der Waals surface area contributed by atoms with Gasteiger partial charge >= 0.3 is 0 Å². The molecule has 0 aliphatic carbocycles. The van der Waals surface area contributed by atoms with Gasteiger partial charge in [-0.1, -0.05) is 0 Å². The Bertz CT molecular complexity index is 848. The lowest BCUT2D eigenvalue weighted by atomic mass is 10.3. The van der Waals surface area contributed by atoms with Gasteiger partial charge in [0.25, 0.3) is 0 Å². The minimum atomic E-state index is 0.268. The molecule has 8 nitrogen and oxygen atoms in total. The molecule has 3 aromatic rings. The molecular formula is C18H22N8. The highest BCUT2D eigenvalue weighted by atomic mass is 15.3. The van der Waals surface area contributed by atoms with Crippen LogP contribution in [-0.2, 0) is 0 Å². The number of hydrogen-bond acceptors (Lipinski definition) is 7. The second-order valence-corrected chi connectivity index (χ2v) is 6.20. The molecule has 1 aliphatic heterocycles. The number of anilines is 3. The van der Waals surface area contributed by atoms with Crippen molar-refractivity contribution in [1.82, 2.24) is 24.9 Å². The molecule has 3 aromatic heterocycles. The standard InChI is InChI=1S/C18H22N8/c1-2-19-16-6-10-21-17(25-16)23-13-7-11-26(12-13)18-22-9-5-15(24-18)14-4-3-8-20-14/h3-6,8-10,13,20H,2,7,11-12H2,1H3,(H2,19,21,23,25). The summed E-state index contributed by atoms with van der Waals surface area (Å²) in [6.07, 6.45) is 6.46. The van der Waals surface area contributed by atoms with Crippen LogP contribution in [-0.4, -0.2) is 50.6 Å². The summed E-state index contributed by atoms with van der Waals surface area (Å²) < 4.78 is 0. The summed E-state index contributed by atoms with van der Waals surface area (Å²) in [5.74, 6) is 2.24. The van der Waals surface area contributed by atoms with Crippen LogP contribution in [0.3, 0.4) is 0 Å². The van der Waals surface area contributed by atoms with E-state index in [9.17, 15) is 0 Å². The van der Waals surface area contributed by atoms with Crippen LogP contribution in [0.4, 0.5) is 17.7 Å². The first kappa shape index (κ1) is 16.3. The molecule has 4 rings (SSSR count). The molecule has 4 heterocycles. The number of aromatic amines is 1. The van der Waals surface area contributed by atoms with E-state index in [2.05, 4.69) is 35.5 Å². The molecule has 0 amide bonds. The quantitative estimate of drug-likeness (QED) is 0.628. The van der Waals surface area contributed by atoms with E-state index in [4.69, 9.17) is 4.98 Å². The van der Waals surface area contributed by atoms with E-state index >= 15 is 0 Å². The molecule has 0 aromatic carbocycles. The summed E-state index contributed by atoms with van der Waals surface area (Å²) in [6, 6.07) is 8.03. The summed E-state index contributed by atoms with van der Waals surface area (Å²) >= 11 is 0. The fraction of sp³-hybridized carbons (Fsp3) is 0.333. The van der Waals surface area contributed by atoms with Gasteiger partial charge in [0.1, 0.15) is 5.82 Å². The van der Waals surface area contributed by atoms with E-state index in [1.807, 2.05) is 43.6 Å². The highest BCUT2D eigenvalue weighted by molar-refractivity contribution is 5.56. The van der Waals surface area contributed by atoms with Gasteiger partial charge in [0.2, 0.25) is 11.9 Å². The van der Waals surface area contributed by atoms with Crippen LogP contribution in [0.5, 0.6) is 0 Å². The topological polar surface area (TPSA) is 94.7 Å². The van der Waals surface area contributed by atoms with Gasteiger partial charge in [-0.15, -0.1) is 0 Å². The van der Waals surface area contributed by atoms with E-state index in [1.165, 1.54) is 0 Å². The van der Waals surface area contributed by atoms with Crippen molar-refractivity contribution in [2.24, 2.45) is 0 Å². The Morgan fingerprint density at radius 1 is 1.19 bits per heavy atom. The normalized spacial score (nSPS) is 16.7. The Balaban J connectivity index is 1.42. The number of hydrogen-bond donors (Lipinski definition) is 3. The van der Waals surface area contributed by atoms with Gasteiger partial charge in [-0.2, -0.15) is 4.98 Å². The SMILES string of the molecule is CCNc1ccnc(NC2CCN(c3nccc(-c4ccc[nH]4)n3)C2)n1. The fourth-order valence-electron chi connectivity index (χ4n) is 3.09. The monoisotopic (exact) mass is 350 g/mol. The first-order valence-electron chi connectivity index (χ1n) is 8.87. The lowest BCUT2D eigenvalue weighted by Crippen LogP contribution is -2.28. The van der Waals surface area contributed by atoms with E-state index in [0.717, 1.165) is 49.2 Å². The number of nitrogens with one attached hydrogen (secondary N) is 3. The molecule has 0 bridgehead atoms. The van der Waals surface area contributed by atoms with Crippen LogP contribution in [0.15, 0.2) is 42.9 Å². The number of H-pyrrole nitrogens is 1. The molecule has 0 saturated carbocycles. The minimum absolute atomic E-state index is 0.268. The Labute approximate surface area is 152 Å². The number of nitrogens with zero attached hydrogens (tertiary/aromatic N) is 5. The lowest BCUT2D eigenvalue weighted by molar-refractivity contribution is 0.790. The van der Waals surface area contributed by atoms with Crippen LogP contribution in [0.25, 0.3) is 11.4 Å². The Morgan fingerprint density at radius 2 is 2.12 bits per heavy atom. The first-order chi connectivity index (χ1) is 12.8. The van der Waals surface area contributed by atoms with Crippen LogP contribution in [0.2, 0.25) is 0 Å². The van der Waals surface area contributed by atoms with Gasteiger partial charge in [-0.05, 0) is 37.6 Å². The zero-order valence-electron chi connectivity index (χ0n) is 14.7. The average Bonchev–Trinajstić information content (AvgIpc) is 3.35. The Hall–Kier alpha value is -3.16. The second-order valence-electron chi connectivity index (χ2n) is 6.20. The van der Waals surface area contributed by atoms with Gasteiger partial charge in [-0.25, -0.2) is 15.0 Å². The maximum absolute atomic E-state index is 4.69. The molecule has 0 radical (unpaired) electrons. The number of aromatic nitrogens is 5. The highest BCUT2D eigenvalue weighted by Gasteiger charge is 2.25. The third-order valence-electron chi connectivity index (χ3n) is 4.33. The summed E-state index contributed by atoms with van der Waals surface area (Å²) in [4.78, 5) is 23.3. The fourth-order valence-corrected chi connectivity index (χ4v) is 3.09. The second kappa shape index (κ2) is 7.38. The molecule has 8 heteroatoms. The van der Waals surface area contributed by atoms with Gasteiger partial charge in [0, 0.05) is 44.3 Å². The summed E-state index contributed by atoms with van der Waals surface area (Å²) in [5.41, 5.74) is 1.90. The zero-order chi connectivity index (χ0) is 17.8. The van der Waals surface area contributed by atoms with Gasteiger partial charge in [0.05, 0.1) is 11.4 Å². The molecule has 0 spiro atoms. The van der Waals surface area contributed by atoms with Gasteiger partial charge in [-0.3, -0.25) is 0 Å². The summed E-state index contributed by atoms with van der Waals surface area (Å²) in [5, 5.41) is 6.62. The van der Waals surface area contributed by atoms with Gasteiger partial charge < -0.3 is 20.5 Å². The molecular weight excluding hydrogens is 328 g/mol. The van der Waals surface area contributed by atoms with Crippen molar-refractivity contribution in [3.05, 3.63) is 42.9 Å². The highest BCUT2D eigenvalue weighted by Crippen LogP contribution is 2.21. The average molecular weight is 350 g/mol. The molecule has 1 aliphatic rings. The molecule has 26 heavy (non-hydrogen) atoms. The molecule has 1 saturated heterocycles. The van der Waals surface area contributed by atoms with E-state index in [-0.39, 0.29) is 6.04 Å². The number of rotatable bonds is 6. The van der Waals surface area contributed by atoms with Crippen molar-refractivity contribution in [3.63, 3.8) is 0 Å². The van der Waals surface area contributed by atoms with Crippen LogP contribution < -0.4 is 15.5 Å². The summed E-state index contributed by atoms with van der Waals surface area (Å²) in [7, 11) is 0. The van der Waals surface area contributed by atoms with Crippen molar-refractivity contribution in [1.29, 1.82) is 0 Å². The smallest absolute Gasteiger partial charge is 0.225 e. The molecule has 134 valence electrons. The third kappa shape index (κ3) is 3.58. The predicted molar refractivity (Wildman–Crippen MR) is 102 cm³/mol. The predicted octanol–water partition coefficient (Wildman–Crippen LogP) is 2.38. The summed E-state index contributed by atoms with van der Waals surface area (Å²) in [6.45, 7) is 4.61. The van der Waals surface area contributed by atoms with E-state index in [0.29, 0.717) is 5.95 Å². The van der Waals surface area contributed by atoms with Crippen molar-refractivity contribution in [2.45, 2.75) is 19.4 Å². The Morgan fingerprint density at radius 3 is 2.96 bits per heavy atom. The minimum Gasteiger partial charge on any atom is -0.370 e. The van der Waals surface area contributed by atoms with Crippen LogP contribution in [0.1, 0.15) is 13.3 Å². The maximum atomic E-state index is 4.69. The van der Waals surface area contributed by atoms with Crippen molar-refractivity contribution in [2.75, 3.05) is 35.2 Å². The molecule has 1 fully saturated rings. The molecule has 3 N–H and O–H groups in total. The Kier molecular flexibility index (Phi) is 4.63. The van der Waals surface area contributed by atoms with Gasteiger partial charge in [0.15, 0.2) is 0 Å². The third-order valence-corrected chi connectivity index (χ3v) is 4.33. The maximum Gasteiger partial charge on any atom is 0.225 e. The van der Waals surface area contributed by atoms with Crippen LogP contribution in [0, 0.1) is 0 Å². The zero-order valence-corrected chi connectivity index (χ0v) is 14.7. The lowest BCUT2D eigenvalue weighted by Gasteiger charge is -2.17. The first-order valence-corrected chi connectivity index (χ1v) is 8.87. The van der Waals surface area contributed by atoms with E-state index < -0.39 is 0 Å².